The van der Waals surface area contributed by atoms with Gasteiger partial charge in [-0.05, 0) is 29.0 Å². The quantitative estimate of drug-likeness (QED) is 0.491. The van der Waals surface area contributed by atoms with Crippen LogP contribution in [-0.2, 0) is 6.42 Å². The van der Waals surface area contributed by atoms with Gasteiger partial charge in [0.1, 0.15) is 0 Å². The van der Waals surface area contributed by atoms with Crippen molar-refractivity contribution in [1.29, 1.82) is 10.8 Å². The first-order valence-electron chi connectivity index (χ1n) is 5.31. The van der Waals surface area contributed by atoms with E-state index in [0.717, 1.165) is 17.7 Å². The first-order valence-corrected chi connectivity index (χ1v) is 7.17. The zero-order valence-electron chi connectivity index (χ0n) is 9.85. The second kappa shape index (κ2) is 7.84. The van der Waals surface area contributed by atoms with Gasteiger partial charge in [0.2, 0.25) is 0 Å². The molecule has 0 aliphatic heterocycles. The van der Waals surface area contributed by atoms with Crippen LogP contribution < -0.4 is 11.5 Å². The highest BCUT2D eigenvalue weighted by molar-refractivity contribution is 8.16. The molecule has 18 heavy (non-hydrogen) atoms. The highest BCUT2D eigenvalue weighted by Crippen LogP contribution is 2.11. The van der Waals surface area contributed by atoms with Crippen molar-refractivity contribution < 1.29 is 0 Å². The summed E-state index contributed by atoms with van der Waals surface area (Å²) < 4.78 is 0. The normalized spacial score (nSPS) is 10.7. The Balaban J connectivity index is 2.44. The molecular weight excluding hydrogens is 264 g/mol. The van der Waals surface area contributed by atoms with Crippen molar-refractivity contribution in [2.75, 3.05) is 5.75 Å². The Morgan fingerprint density at radius 3 is 2.33 bits per heavy atom. The van der Waals surface area contributed by atoms with Crippen molar-refractivity contribution in [3.05, 3.63) is 40.8 Å². The van der Waals surface area contributed by atoms with Gasteiger partial charge in [0, 0.05) is 5.75 Å². The lowest BCUT2D eigenvalue weighted by Crippen LogP contribution is -2.05. The molecule has 0 atom stereocenters. The van der Waals surface area contributed by atoms with Crippen LogP contribution in [0.5, 0.6) is 0 Å². The summed E-state index contributed by atoms with van der Waals surface area (Å²) in [4.78, 5) is 0. The van der Waals surface area contributed by atoms with Gasteiger partial charge in [0.15, 0.2) is 10.3 Å². The lowest BCUT2D eigenvalue weighted by Gasteiger charge is -2.01. The van der Waals surface area contributed by atoms with Crippen LogP contribution in [0, 0.1) is 10.8 Å². The average molecular weight is 280 g/mol. The maximum Gasteiger partial charge on any atom is 0.155 e. The second-order valence-corrected chi connectivity index (χ2v) is 5.57. The molecule has 0 heterocycles. The summed E-state index contributed by atoms with van der Waals surface area (Å²) in [6, 6.07) is 8.15. The van der Waals surface area contributed by atoms with Gasteiger partial charge in [-0.1, -0.05) is 47.8 Å². The molecule has 0 radical (unpaired) electrons. The van der Waals surface area contributed by atoms with Crippen molar-refractivity contribution in [2.24, 2.45) is 11.5 Å². The lowest BCUT2D eigenvalue weighted by molar-refractivity contribution is 1.16. The largest absolute Gasteiger partial charge is 0.379 e. The van der Waals surface area contributed by atoms with Crippen LogP contribution in [0.1, 0.15) is 11.1 Å². The molecule has 0 aliphatic carbocycles. The molecule has 96 valence electrons. The number of benzene rings is 1. The summed E-state index contributed by atoms with van der Waals surface area (Å²) >= 11 is 2.54. The highest BCUT2D eigenvalue weighted by Gasteiger charge is 1.95. The van der Waals surface area contributed by atoms with Gasteiger partial charge in [-0.25, -0.2) is 0 Å². The van der Waals surface area contributed by atoms with Crippen LogP contribution in [0.3, 0.4) is 0 Å². The van der Waals surface area contributed by atoms with Crippen LogP contribution in [0.2, 0.25) is 0 Å². The third-order valence-corrected chi connectivity index (χ3v) is 3.33. The summed E-state index contributed by atoms with van der Waals surface area (Å²) in [6.07, 6.45) is 2.82. The summed E-state index contributed by atoms with van der Waals surface area (Å²) in [5, 5.41) is 16.2. The lowest BCUT2D eigenvalue weighted by atomic mass is 10.1. The molecule has 6 N–H and O–H groups in total. The van der Waals surface area contributed by atoms with Crippen LogP contribution in [0.25, 0.3) is 6.08 Å². The van der Waals surface area contributed by atoms with Crippen molar-refractivity contribution in [1.82, 2.24) is 0 Å². The van der Waals surface area contributed by atoms with E-state index in [1.54, 1.807) is 5.41 Å². The number of hydrogen-bond donors (Lipinski definition) is 4. The molecule has 0 amide bonds. The fourth-order valence-corrected chi connectivity index (χ4v) is 2.19. The van der Waals surface area contributed by atoms with Crippen LogP contribution in [-0.4, -0.2) is 16.1 Å². The summed E-state index contributed by atoms with van der Waals surface area (Å²) in [5.41, 5.74) is 12.8. The molecule has 0 unspecified atom stereocenters. The first kappa shape index (κ1) is 14.7. The Morgan fingerprint density at radius 1 is 1.11 bits per heavy atom. The summed E-state index contributed by atoms with van der Waals surface area (Å²) in [5.74, 6) is 0.824. The second-order valence-electron chi connectivity index (χ2n) is 3.49. The van der Waals surface area contributed by atoms with Gasteiger partial charge < -0.3 is 11.5 Å². The molecule has 1 aromatic carbocycles. The number of nitrogens with two attached hydrogens (primary N) is 2. The van der Waals surface area contributed by atoms with Gasteiger partial charge >= 0.3 is 0 Å². The molecule has 0 aromatic heterocycles. The molecule has 1 aromatic rings. The van der Waals surface area contributed by atoms with E-state index in [4.69, 9.17) is 22.3 Å². The topological polar surface area (TPSA) is 99.7 Å². The van der Waals surface area contributed by atoms with E-state index < -0.39 is 0 Å². The maximum atomic E-state index is 7.11. The minimum absolute atomic E-state index is 0.0872. The van der Waals surface area contributed by atoms with E-state index in [9.17, 15) is 0 Å². The Labute approximate surface area is 115 Å². The Kier molecular flexibility index (Phi) is 6.38. The molecule has 0 aliphatic rings. The molecule has 0 saturated heterocycles. The summed E-state index contributed by atoms with van der Waals surface area (Å²) in [7, 11) is 0. The number of thioether (sulfide) groups is 2. The number of aryl methyl sites for hydroxylation is 1. The van der Waals surface area contributed by atoms with E-state index in [-0.39, 0.29) is 10.3 Å². The third-order valence-electron chi connectivity index (χ3n) is 2.08. The van der Waals surface area contributed by atoms with Gasteiger partial charge in [0.25, 0.3) is 0 Å². The smallest absolute Gasteiger partial charge is 0.155 e. The highest BCUT2D eigenvalue weighted by atomic mass is 32.2. The van der Waals surface area contributed by atoms with E-state index in [0.29, 0.717) is 0 Å². The summed E-state index contributed by atoms with van der Waals surface area (Å²) in [6.45, 7) is 0. The van der Waals surface area contributed by atoms with Crippen LogP contribution in [0.15, 0.2) is 29.7 Å². The zero-order chi connectivity index (χ0) is 13.4. The zero-order valence-corrected chi connectivity index (χ0v) is 11.5. The molecular formula is C12H16N4S2. The van der Waals surface area contributed by atoms with E-state index >= 15 is 0 Å². The molecule has 0 bridgehead atoms. The molecule has 0 spiro atoms. The Morgan fingerprint density at radius 2 is 1.78 bits per heavy atom. The van der Waals surface area contributed by atoms with E-state index in [2.05, 4.69) is 12.1 Å². The van der Waals surface area contributed by atoms with E-state index in [1.807, 2.05) is 18.2 Å². The fourth-order valence-electron chi connectivity index (χ4n) is 1.26. The predicted octanol–water partition coefficient (Wildman–Crippen LogP) is 2.45. The Bertz CT molecular complexity index is 440. The minimum Gasteiger partial charge on any atom is -0.379 e. The molecule has 0 saturated carbocycles. The Hall–Kier alpha value is -1.40. The van der Waals surface area contributed by atoms with Gasteiger partial charge in [-0.2, -0.15) is 0 Å². The standard InChI is InChI=1S/C12H16N4S2/c13-11(14)17-7-5-9-1-2-10(4-3-9)6-8-18-12(15)16/h1-5,7H,6,8H2,(H3,13,14)(H3,15,16)/b7-5-. The van der Waals surface area contributed by atoms with Gasteiger partial charge in [-0.15, -0.1) is 0 Å². The van der Waals surface area contributed by atoms with Gasteiger partial charge in [-0.3, -0.25) is 10.8 Å². The molecule has 6 heteroatoms. The van der Waals surface area contributed by atoms with Crippen molar-refractivity contribution in [3.63, 3.8) is 0 Å². The average Bonchev–Trinajstić information content (AvgIpc) is 2.30. The van der Waals surface area contributed by atoms with E-state index in [1.165, 1.54) is 29.1 Å². The van der Waals surface area contributed by atoms with Gasteiger partial charge in [0.05, 0.1) is 0 Å². The van der Waals surface area contributed by atoms with Crippen molar-refractivity contribution in [3.8, 4) is 0 Å². The third kappa shape index (κ3) is 6.36. The molecule has 0 fully saturated rings. The van der Waals surface area contributed by atoms with Crippen molar-refractivity contribution in [2.45, 2.75) is 6.42 Å². The minimum atomic E-state index is 0.0872. The fraction of sp³-hybridized carbons (Fsp3) is 0.167. The van der Waals surface area contributed by atoms with Crippen molar-refractivity contribution >= 4 is 39.9 Å². The number of rotatable bonds is 5. The molecule has 1 rings (SSSR count). The van der Waals surface area contributed by atoms with Crippen LogP contribution >= 0.6 is 23.5 Å². The predicted molar refractivity (Wildman–Crippen MR) is 83.1 cm³/mol. The molecule has 4 nitrogen and oxygen atoms in total. The first-order chi connectivity index (χ1) is 8.58. The number of hydrogen-bond acceptors (Lipinski definition) is 4. The van der Waals surface area contributed by atoms with Crippen LogP contribution in [0.4, 0.5) is 0 Å². The maximum absolute atomic E-state index is 7.11. The number of amidine groups is 2. The monoisotopic (exact) mass is 280 g/mol. The number of nitrogens with one attached hydrogen (secondary N) is 2. The SMILES string of the molecule is N=C(N)S/C=C\c1ccc(CCSC(=N)N)cc1.